The zero-order valence-corrected chi connectivity index (χ0v) is 12.4. The van der Waals surface area contributed by atoms with E-state index in [0.29, 0.717) is 11.4 Å². The molecule has 0 aromatic heterocycles. The maximum absolute atomic E-state index is 11.4. The van der Waals surface area contributed by atoms with Gasteiger partial charge in [-0.25, -0.2) is 0 Å². The molecule has 1 aliphatic heterocycles. The number of carbonyl (C=O) groups excluding carboxylic acids is 1. The molecule has 0 saturated heterocycles. The summed E-state index contributed by atoms with van der Waals surface area (Å²) in [7, 11) is 0. The summed E-state index contributed by atoms with van der Waals surface area (Å²) < 4.78 is 5.42. The van der Waals surface area contributed by atoms with Crippen LogP contribution in [0.1, 0.15) is 16.7 Å². The average molecular weight is 310 g/mol. The number of rotatable bonds is 3. The van der Waals surface area contributed by atoms with Gasteiger partial charge in [-0.05, 0) is 35.7 Å². The van der Waals surface area contributed by atoms with Crippen molar-refractivity contribution in [3.05, 3.63) is 63.2 Å². The molecule has 0 unspecified atom stereocenters. The van der Waals surface area contributed by atoms with E-state index >= 15 is 0 Å². The Morgan fingerprint density at radius 3 is 2.78 bits per heavy atom. The summed E-state index contributed by atoms with van der Waals surface area (Å²) in [5.74, 6) is 0.494. The van der Waals surface area contributed by atoms with Crippen LogP contribution >= 0.6 is 0 Å². The maximum atomic E-state index is 11.4. The van der Waals surface area contributed by atoms with Crippen LogP contribution in [0.5, 0.6) is 5.75 Å². The average Bonchev–Trinajstić information content (AvgIpc) is 2.52. The van der Waals surface area contributed by atoms with E-state index in [1.54, 1.807) is 18.2 Å². The predicted molar refractivity (Wildman–Crippen MR) is 87.3 cm³/mol. The van der Waals surface area contributed by atoms with Gasteiger partial charge in [0.25, 0.3) is 11.6 Å². The van der Waals surface area contributed by atoms with Gasteiger partial charge in [0.05, 0.1) is 10.6 Å². The molecule has 1 aliphatic rings. The van der Waals surface area contributed by atoms with E-state index in [1.807, 2.05) is 25.1 Å². The first-order valence-electron chi connectivity index (χ1n) is 7.03. The second-order valence-corrected chi connectivity index (χ2v) is 5.24. The van der Waals surface area contributed by atoms with Crippen LogP contribution in [-0.4, -0.2) is 17.4 Å². The number of anilines is 1. The predicted octanol–water partition coefficient (Wildman–Crippen LogP) is 3.40. The molecular formula is C17H14N2O4. The molecular weight excluding hydrogens is 296 g/mol. The number of ether oxygens (including phenoxy) is 1. The van der Waals surface area contributed by atoms with Crippen molar-refractivity contribution >= 4 is 29.4 Å². The lowest BCUT2D eigenvalue weighted by molar-refractivity contribution is -0.384. The third-order valence-electron chi connectivity index (χ3n) is 3.47. The molecule has 116 valence electrons. The summed E-state index contributed by atoms with van der Waals surface area (Å²) in [5, 5.41) is 13.6. The number of fused-ring (bicyclic) bond motifs is 1. The van der Waals surface area contributed by atoms with Crippen molar-refractivity contribution in [2.24, 2.45) is 0 Å². The molecule has 2 aromatic carbocycles. The van der Waals surface area contributed by atoms with Crippen LogP contribution in [0.25, 0.3) is 12.2 Å². The third-order valence-corrected chi connectivity index (χ3v) is 3.47. The molecule has 3 rings (SSSR count). The summed E-state index contributed by atoms with van der Waals surface area (Å²) in [6, 6.07) is 10.1. The minimum atomic E-state index is -0.423. The Labute approximate surface area is 132 Å². The van der Waals surface area contributed by atoms with E-state index < -0.39 is 4.92 Å². The molecule has 1 amide bonds. The molecule has 0 radical (unpaired) electrons. The second-order valence-electron chi connectivity index (χ2n) is 5.24. The van der Waals surface area contributed by atoms with E-state index in [9.17, 15) is 14.9 Å². The largest absolute Gasteiger partial charge is 0.481 e. The van der Waals surface area contributed by atoms with Gasteiger partial charge in [0.15, 0.2) is 6.61 Å². The number of carbonyl (C=O) groups is 1. The summed E-state index contributed by atoms with van der Waals surface area (Å²) in [4.78, 5) is 21.8. The summed E-state index contributed by atoms with van der Waals surface area (Å²) in [6.45, 7) is 1.93. The van der Waals surface area contributed by atoms with Crippen molar-refractivity contribution < 1.29 is 14.5 Å². The highest BCUT2D eigenvalue weighted by molar-refractivity contribution is 5.96. The van der Waals surface area contributed by atoms with Crippen LogP contribution in [0.2, 0.25) is 0 Å². The second kappa shape index (κ2) is 5.92. The molecule has 0 bridgehead atoms. The van der Waals surface area contributed by atoms with E-state index in [-0.39, 0.29) is 18.2 Å². The Morgan fingerprint density at radius 1 is 1.22 bits per heavy atom. The molecule has 0 aliphatic carbocycles. The number of aryl methyl sites for hydroxylation is 1. The van der Waals surface area contributed by atoms with Gasteiger partial charge in [0.1, 0.15) is 5.75 Å². The van der Waals surface area contributed by atoms with Crippen molar-refractivity contribution in [3.8, 4) is 5.75 Å². The zero-order chi connectivity index (χ0) is 16.4. The molecule has 0 saturated carbocycles. The number of hydrogen-bond acceptors (Lipinski definition) is 4. The van der Waals surface area contributed by atoms with Gasteiger partial charge in [-0.15, -0.1) is 0 Å². The number of amides is 1. The number of nitrogens with zero attached hydrogens (tertiary/aromatic N) is 1. The van der Waals surface area contributed by atoms with Gasteiger partial charge in [0.2, 0.25) is 0 Å². The van der Waals surface area contributed by atoms with Crippen LogP contribution in [0, 0.1) is 17.0 Å². The fourth-order valence-electron chi connectivity index (χ4n) is 2.44. The van der Waals surface area contributed by atoms with Crippen molar-refractivity contribution in [1.82, 2.24) is 0 Å². The van der Waals surface area contributed by atoms with Crippen molar-refractivity contribution in [3.63, 3.8) is 0 Å². The highest BCUT2D eigenvalue weighted by atomic mass is 16.6. The maximum Gasteiger partial charge on any atom is 0.270 e. The monoisotopic (exact) mass is 310 g/mol. The molecule has 23 heavy (non-hydrogen) atoms. The van der Waals surface area contributed by atoms with Crippen LogP contribution in [0.4, 0.5) is 11.4 Å². The molecule has 6 nitrogen and oxygen atoms in total. The summed E-state index contributed by atoms with van der Waals surface area (Å²) in [5.41, 5.74) is 3.21. The first kappa shape index (κ1) is 14.8. The van der Waals surface area contributed by atoms with Crippen LogP contribution in [0.15, 0.2) is 36.4 Å². The Balaban J connectivity index is 1.90. The van der Waals surface area contributed by atoms with Gasteiger partial charge in [0, 0.05) is 12.1 Å². The van der Waals surface area contributed by atoms with Gasteiger partial charge in [-0.2, -0.15) is 0 Å². The molecule has 6 heteroatoms. The molecule has 0 spiro atoms. The van der Waals surface area contributed by atoms with E-state index in [0.717, 1.165) is 16.7 Å². The smallest absolute Gasteiger partial charge is 0.270 e. The van der Waals surface area contributed by atoms with Gasteiger partial charge >= 0.3 is 0 Å². The number of benzene rings is 2. The summed E-state index contributed by atoms with van der Waals surface area (Å²) >= 11 is 0. The van der Waals surface area contributed by atoms with Crippen molar-refractivity contribution in [2.45, 2.75) is 6.92 Å². The van der Waals surface area contributed by atoms with Crippen molar-refractivity contribution in [2.75, 3.05) is 11.9 Å². The normalized spacial score (nSPS) is 13.3. The Hall–Kier alpha value is -3.15. The zero-order valence-electron chi connectivity index (χ0n) is 12.4. The Bertz CT molecular complexity index is 827. The standard InChI is InChI=1S/C17H14N2O4/c1-11-7-13(9-15-17(11)23-10-16(20)18-15)6-5-12-3-2-4-14(8-12)19(21)22/h2-9H,10H2,1H3,(H,18,20)/b6-5+. The number of nitro groups is 1. The van der Waals surface area contributed by atoms with Crippen LogP contribution in [-0.2, 0) is 4.79 Å². The van der Waals surface area contributed by atoms with E-state index in [2.05, 4.69) is 5.32 Å². The molecule has 1 heterocycles. The Kier molecular flexibility index (Phi) is 3.80. The molecule has 0 atom stereocenters. The molecule has 0 fully saturated rings. The first-order valence-corrected chi connectivity index (χ1v) is 7.03. The number of hydrogen-bond donors (Lipinski definition) is 1. The number of nitrogens with one attached hydrogen (secondary N) is 1. The highest BCUT2D eigenvalue weighted by Crippen LogP contribution is 2.33. The lowest BCUT2D eigenvalue weighted by atomic mass is 10.1. The fraction of sp³-hybridized carbons (Fsp3) is 0.118. The van der Waals surface area contributed by atoms with Crippen molar-refractivity contribution in [1.29, 1.82) is 0 Å². The summed E-state index contributed by atoms with van der Waals surface area (Å²) in [6.07, 6.45) is 3.63. The Morgan fingerprint density at radius 2 is 2.00 bits per heavy atom. The fourth-order valence-corrected chi connectivity index (χ4v) is 2.44. The van der Waals surface area contributed by atoms with Gasteiger partial charge < -0.3 is 10.1 Å². The number of non-ortho nitro benzene ring substituents is 1. The highest BCUT2D eigenvalue weighted by Gasteiger charge is 2.18. The van der Waals surface area contributed by atoms with Crippen LogP contribution in [0.3, 0.4) is 0 Å². The molecule has 2 aromatic rings. The van der Waals surface area contributed by atoms with Gasteiger partial charge in [-0.1, -0.05) is 24.3 Å². The van der Waals surface area contributed by atoms with Crippen LogP contribution < -0.4 is 10.1 Å². The minimum Gasteiger partial charge on any atom is -0.481 e. The molecule has 1 N–H and O–H groups in total. The topological polar surface area (TPSA) is 81.5 Å². The lowest BCUT2D eigenvalue weighted by Crippen LogP contribution is -2.25. The quantitative estimate of drug-likeness (QED) is 0.535. The van der Waals surface area contributed by atoms with Gasteiger partial charge in [-0.3, -0.25) is 14.9 Å². The first-order chi connectivity index (χ1) is 11.0. The SMILES string of the molecule is Cc1cc(/C=C/c2cccc([N+](=O)[O-])c2)cc2c1OCC(=O)N2. The number of nitro benzene ring substituents is 1. The third kappa shape index (κ3) is 3.21. The lowest BCUT2D eigenvalue weighted by Gasteiger charge is -2.20. The van der Waals surface area contributed by atoms with E-state index in [4.69, 9.17) is 4.74 Å². The minimum absolute atomic E-state index is 0.0245. The van der Waals surface area contributed by atoms with E-state index in [1.165, 1.54) is 12.1 Å².